The van der Waals surface area contributed by atoms with E-state index in [9.17, 15) is 9.18 Å². The van der Waals surface area contributed by atoms with E-state index < -0.39 is 6.10 Å². The normalized spacial score (nSPS) is 22.7. The molecule has 0 spiro atoms. The molecule has 0 aliphatic carbocycles. The van der Waals surface area contributed by atoms with Crippen molar-refractivity contribution >= 4 is 18.3 Å². The van der Waals surface area contributed by atoms with Crippen LogP contribution >= 0.6 is 12.4 Å². The van der Waals surface area contributed by atoms with Crippen molar-refractivity contribution in [2.45, 2.75) is 38.2 Å². The Balaban J connectivity index is 0.00000192. The fourth-order valence-corrected chi connectivity index (χ4v) is 2.76. The van der Waals surface area contributed by atoms with Crippen LogP contribution in [0.15, 0.2) is 12.1 Å². The SMILES string of the molecule is Cl.NC[C@H]1CC[C@@H](C(=O)NCc2cc(F)cc3c2OCOC3)O1. The van der Waals surface area contributed by atoms with Crippen LogP contribution in [0.3, 0.4) is 0 Å². The van der Waals surface area contributed by atoms with E-state index in [2.05, 4.69) is 5.32 Å². The number of carbonyl (C=O) groups is 1. The first-order valence-corrected chi connectivity index (χ1v) is 7.32. The summed E-state index contributed by atoms with van der Waals surface area (Å²) in [7, 11) is 0. The highest BCUT2D eigenvalue weighted by Crippen LogP contribution is 2.29. The lowest BCUT2D eigenvalue weighted by Crippen LogP contribution is -2.35. The maximum atomic E-state index is 13.6. The standard InChI is InChI=1S/C15H19FN2O4.ClH/c16-11-3-9(14-10(4-11)7-20-8-21-14)6-18-15(19)13-2-1-12(5-17)22-13;/h3-4,12-13H,1-2,5-8,17H2,(H,18,19);1H/t12-,13+;/m1./s1. The number of benzene rings is 1. The molecule has 2 heterocycles. The topological polar surface area (TPSA) is 82.8 Å². The molecule has 1 fully saturated rings. The fraction of sp³-hybridized carbons (Fsp3) is 0.533. The Morgan fingerprint density at radius 3 is 2.96 bits per heavy atom. The Labute approximate surface area is 139 Å². The molecule has 23 heavy (non-hydrogen) atoms. The summed E-state index contributed by atoms with van der Waals surface area (Å²) in [5, 5.41) is 2.77. The minimum Gasteiger partial charge on any atom is -0.467 e. The summed E-state index contributed by atoms with van der Waals surface area (Å²) in [4.78, 5) is 12.1. The Morgan fingerprint density at radius 2 is 2.22 bits per heavy atom. The van der Waals surface area contributed by atoms with Crippen molar-refractivity contribution in [2.75, 3.05) is 13.3 Å². The number of nitrogens with two attached hydrogens (primary N) is 1. The number of nitrogens with one attached hydrogen (secondary N) is 1. The summed E-state index contributed by atoms with van der Waals surface area (Å²) in [6, 6.07) is 2.74. The highest BCUT2D eigenvalue weighted by molar-refractivity contribution is 5.85. The summed E-state index contributed by atoms with van der Waals surface area (Å²) < 4.78 is 29.7. The number of fused-ring (bicyclic) bond motifs is 1. The quantitative estimate of drug-likeness (QED) is 0.857. The third kappa shape index (κ3) is 4.11. The molecule has 2 aliphatic heterocycles. The zero-order valence-electron chi connectivity index (χ0n) is 12.5. The van der Waals surface area contributed by atoms with Crippen molar-refractivity contribution in [1.82, 2.24) is 5.32 Å². The highest BCUT2D eigenvalue weighted by atomic mass is 35.5. The van der Waals surface area contributed by atoms with Gasteiger partial charge in [-0.15, -0.1) is 12.4 Å². The summed E-state index contributed by atoms with van der Waals surface area (Å²) in [6.45, 7) is 1.03. The zero-order valence-corrected chi connectivity index (χ0v) is 13.4. The van der Waals surface area contributed by atoms with Crippen LogP contribution in [0.5, 0.6) is 5.75 Å². The van der Waals surface area contributed by atoms with Crippen molar-refractivity contribution in [1.29, 1.82) is 0 Å². The first kappa shape index (κ1) is 17.9. The molecule has 8 heteroatoms. The van der Waals surface area contributed by atoms with E-state index in [-0.39, 0.29) is 43.6 Å². The van der Waals surface area contributed by atoms with Crippen LogP contribution in [0.4, 0.5) is 4.39 Å². The molecule has 2 atom stereocenters. The van der Waals surface area contributed by atoms with Crippen LogP contribution < -0.4 is 15.8 Å². The minimum absolute atomic E-state index is 0. The van der Waals surface area contributed by atoms with Crippen LogP contribution in [-0.4, -0.2) is 31.5 Å². The number of halogens is 2. The number of amides is 1. The second kappa shape index (κ2) is 7.92. The molecule has 2 aliphatic rings. The molecule has 6 nitrogen and oxygen atoms in total. The largest absolute Gasteiger partial charge is 0.467 e. The first-order chi connectivity index (χ1) is 10.7. The summed E-state index contributed by atoms with van der Waals surface area (Å²) in [6.07, 6.45) is 0.893. The van der Waals surface area contributed by atoms with Gasteiger partial charge in [-0.25, -0.2) is 4.39 Å². The molecule has 3 rings (SSSR count). The van der Waals surface area contributed by atoms with Gasteiger partial charge >= 0.3 is 0 Å². The lowest BCUT2D eigenvalue weighted by Gasteiger charge is -2.21. The zero-order chi connectivity index (χ0) is 15.5. The van der Waals surface area contributed by atoms with Gasteiger partial charge in [-0.3, -0.25) is 4.79 Å². The van der Waals surface area contributed by atoms with Gasteiger partial charge < -0.3 is 25.3 Å². The fourth-order valence-electron chi connectivity index (χ4n) is 2.76. The lowest BCUT2D eigenvalue weighted by molar-refractivity contribution is -0.132. The molecule has 1 aromatic rings. The van der Waals surface area contributed by atoms with Crippen molar-refractivity contribution in [3.05, 3.63) is 29.1 Å². The third-order valence-electron chi connectivity index (χ3n) is 3.87. The van der Waals surface area contributed by atoms with Gasteiger partial charge in [0.1, 0.15) is 17.7 Å². The van der Waals surface area contributed by atoms with Gasteiger partial charge in [0.25, 0.3) is 0 Å². The number of carbonyl (C=O) groups excluding carboxylic acids is 1. The second-order valence-electron chi connectivity index (χ2n) is 5.44. The molecule has 0 saturated carbocycles. The minimum atomic E-state index is -0.484. The maximum Gasteiger partial charge on any atom is 0.249 e. The summed E-state index contributed by atoms with van der Waals surface area (Å²) in [5.74, 6) is -0.00134. The molecule has 0 bridgehead atoms. The molecule has 1 saturated heterocycles. The Kier molecular flexibility index (Phi) is 6.17. The van der Waals surface area contributed by atoms with E-state index in [0.29, 0.717) is 36.4 Å². The van der Waals surface area contributed by atoms with Gasteiger partial charge in [-0.1, -0.05) is 0 Å². The van der Waals surface area contributed by atoms with Gasteiger partial charge in [-0.05, 0) is 25.0 Å². The molecule has 0 radical (unpaired) electrons. The van der Waals surface area contributed by atoms with E-state index in [1.165, 1.54) is 12.1 Å². The first-order valence-electron chi connectivity index (χ1n) is 7.32. The predicted molar refractivity (Wildman–Crippen MR) is 82.7 cm³/mol. The van der Waals surface area contributed by atoms with Crippen molar-refractivity contribution in [3.8, 4) is 5.75 Å². The van der Waals surface area contributed by atoms with Crippen LogP contribution in [0.1, 0.15) is 24.0 Å². The van der Waals surface area contributed by atoms with E-state index in [1.807, 2.05) is 0 Å². The smallest absolute Gasteiger partial charge is 0.249 e. The summed E-state index contributed by atoms with van der Waals surface area (Å²) in [5.41, 5.74) is 6.77. The molecule has 0 unspecified atom stereocenters. The molecular weight excluding hydrogens is 327 g/mol. The van der Waals surface area contributed by atoms with Crippen molar-refractivity contribution < 1.29 is 23.4 Å². The second-order valence-corrected chi connectivity index (χ2v) is 5.44. The Hall–Kier alpha value is -1.41. The number of ether oxygens (including phenoxy) is 3. The molecule has 0 aromatic heterocycles. The van der Waals surface area contributed by atoms with Gasteiger partial charge in [0, 0.05) is 24.2 Å². The monoisotopic (exact) mass is 346 g/mol. The van der Waals surface area contributed by atoms with Crippen LogP contribution in [0, 0.1) is 5.82 Å². The molecule has 1 aromatic carbocycles. The van der Waals surface area contributed by atoms with Crippen LogP contribution in [0.25, 0.3) is 0 Å². The van der Waals surface area contributed by atoms with Crippen molar-refractivity contribution in [3.63, 3.8) is 0 Å². The van der Waals surface area contributed by atoms with Crippen molar-refractivity contribution in [2.24, 2.45) is 5.73 Å². The lowest BCUT2D eigenvalue weighted by atomic mass is 10.1. The van der Waals surface area contributed by atoms with Crippen LogP contribution in [0.2, 0.25) is 0 Å². The molecule has 128 valence electrons. The third-order valence-corrected chi connectivity index (χ3v) is 3.87. The van der Waals surface area contributed by atoms with E-state index in [1.54, 1.807) is 0 Å². The molecule has 3 N–H and O–H groups in total. The Bertz CT molecular complexity index is 573. The average Bonchev–Trinajstić information content (AvgIpc) is 3.01. The molecule has 1 amide bonds. The van der Waals surface area contributed by atoms with Gasteiger partial charge in [-0.2, -0.15) is 0 Å². The molecular formula is C15H20ClFN2O4. The number of rotatable bonds is 4. The Morgan fingerprint density at radius 1 is 1.39 bits per heavy atom. The maximum absolute atomic E-state index is 13.6. The average molecular weight is 347 g/mol. The van der Waals surface area contributed by atoms with Crippen LogP contribution in [-0.2, 0) is 27.4 Å². The summed E-state index contributed by atoms with van der Waals surface area (Å²) >= 11 is 0. The van der Waals surface area contributed by atoms with E-state index in [4.69, 9.17) is 19.9 Å². The van der Waals surface area contributed by atoms with Gasteiger partial charge in [0.05, 0.1) is 12.7 Å². The predicted octanol–water partition coefficient (Wildman–Crippen LogP) is 1.24. The van der Waals surface area contributed by atoms with E-state index >= 15 is 0 Å². The number of hydrogen-bond donors (Lipinski definition) is 2. The van der Waals surface area contributed by atoms with E-state index in [0.717, 1.165) is 6.42 Å². The number of hydrogen-bond acceptors (Lipinski definition) is 5. The van der Waals surface area contributed by atoms with Gasteiger partial charge in [0.15, 0.2) is 6.79 Å². The van der Waals surface area contributed by atoms with Gasteiger partial charge in [0.2, 0.25) is 5.91 Å². The highest BCUT2D eigenvalue weighted by Gasteiger charge is 2.30.